The van der Waals surface area contributed by atoms with E-state index in [0.29, 0.717) is 22.9 Å². The average molecular weight is 474 g/mol. The summed E-state index contributed by atoms with van der Waals surface area (Å²) in [5.41, 5.74) is 4.70. The average Bonchev–Trinajstić information content (AvgIpc) is 2.76. The first-order valence-corrected chi connectivity index (χ1v) is 12.6. The number of aromatic nitrogens is 3. The monoisotopic (exact) mass is 473 g/mol. The fourth-order valence-electron chi connectivity index (χ4n) is 6.30. The van der Waals surface area contributed by atoms with E-state index >= 15 is 0 Å². The number of hydrogen-bond acceptors (Lipinski definition) is 8. The van der Waals surface area contributed by atoms with Crippen molar-refractivity contribution in [2.24, 2.45) is 10.8 Å². The van der Waals surface area contributed by atoms with Crippen LogP contribution in [0, 0.1) is 10.8 Å². The lowest BCUT2D eigenvalue weighted by molar-refractivity contribution is -0.122. The standard InChI is InChI=1S/C27H35N7O/c1-5-20-11-29-25(31-24(20)19(3)33-15-26(16-33)9-22(10-26)35-4)30-23-8-7-21(12-28-23)34-17-27(18-34)13-32(6-2)14-27/h5,7-8,11-12,22H,1,3,6,9-10,13-18H2,2,4H3,(H,28,29,30,31). The Bertz CT molecular complexity index is 1120. The van der Waals surface area contributed by atoms with Gasteiger partial charge in [-0.3, -0.25) is 0 Å². The minimum absolute atomic E-state index is 0.391. The van der Waals surface area contributed by atoms with Crippen molar-refractivity contribution >= 4 is 29.2 Å². The van der Waals surface area contributed by atoms with E-state index in [1.54, 1.807) is 19.4 Å². The predicted octanol–water partition coefficient (Wildman–Crippen LogP) is 3.48. The predicted molar refractivity (Wildman–Crippen MR) is 139 cm³/mol. The molecule has 6 rings (SSSR count). The van der Waals surface area contributed by atoms with Gasteiger partial charge in [-0.1, -0.05) is 26.2 Å². The molecule has 2 spiro atoms. The molecule has 0 unspecified atom stereocenters. The van der Waals surface area contributed by atoms with E-state index in [0.717, 1.165) is 68.3 Å². The molecule has 1 saturated carbocycles. The van der Waals surface area contributed by atoms with Crippen LogP contribution in [0.2, 0.25) is 0 Å². The summed E-state index contributed by atoms with van der Waals surface area (Å²) < 4.78 is 5.47. The summed E-state index contributed by atoms with van der Waals surface area (Å²) in [5.74, 6) is 1.25. The fourth-order valence-corrected chi connectivity index (χ4v) is 6.30. The van der Waals surface area contributed by atoms with Crippen LogP contribution in [-0.4, -0.2) is 83.8 Å². The summed E-state index contributed by atoms with van der Waals surface area (Å²) in [6.45, 7) is 18.4. The lowest BCUT2D eigenvalue weighted by atomic mass is 9.61. The molecule has 1 N–H and O–H groups in total. The highest BCUT2D eigenvalue weighted by molar-refractivity contribution is 5.70. The molecular formula is C27H35N7O. The van der Waals surface area contributed by atoms with Gasteiger partial charge in [-0.15, -0.1) is 0 Å². The van der Waals surface area contributed by atoms with Crippen LogP contribution in [0.25, 0.3) is 11.8 Å². The number of hydrogen-bond donors (Lipinski definition) is 1. The SMILES string of the molecule is C=Cc1cnc(Nc2ccc(N3CC4(CN(CC)C4)C3)cn2)nc1C(=C)N1CC2(CC(OC)C2)C1. The van der Waals surface area contributed by atoms with Crippen molar-refractivity contribution < 1.29 is 4.74 Å². The Kier molecular flexibility index (Phi) is 5.34. The number of rotatable bonds is 8. The van der Waals surface area contributed by atoms with Crippen molar-refractivity contribution in [3.05, 3.63) is 48.9 Å². The number of likely N-dealkylation sites (tertiary alicyclic amines) is 2. The second-order valence-electron chi connectivity index (χ2n) is 11.0. The number of methoxy groups -OCH3 is 1. The molecule has 3 saturated heterocycles. The molecule has 184 valence electrons. The number of pyridine rings is 1. The van der Waals surface area contributed by atoms with Gasteiger partial charge in [-0.25, -0.2) is 15.0 Å². The largest absolute Gasteiger partial charge is 0.381 e. The first-order valence-electron chi connectivity index (χ1n) is 12.6. The van der Waals surface area contributed by atoms with Crippen LogP contribution in [0.1, 0.15) is 31.0 Å². The van der Waals surface area contributed by atoms with Crippen LogP contribution in [-0.2, 0) is 4.74 Å². The molecule has 4 fully saturated rings. The first kappa shape index (κ1) is 22.5. The Morgan fingerprint density at radius 2 is 1.89 bits per heavy atom. The maximum Gasteiger partial charge on any atom is 0.228 e. The van der Waals surface area contributed by atoms with Crippen LogP contribution < -0.4 is 10.2 Å². The smallest absolute Gasteiger partial charge is 0.228 e. The van der Waals surface area contributed by atoms with Gasteiger partial charge < -0.3 is 24.8 Å². The van der Waals surface area contributed by atoms with E-state index < -0.39 is 0 Å². The Balaban J connectivity index is 1.08. The van der Waals surface area contributed by atoms with Gasteiger partial charge in [0.2, 0.25) is 5.95 Å². The lowest BCUT2D eigenvalue weighted by Gasteiger charge is -2.61. The quantitative estimate of drug-likeness (QED) is 0.625. The Morgan fingerprint density at radius 1 is 1.11 bits per heavy atom. The second-order valence-corrected chi connectivity index (χ2v) is 11.0. The molecule has 8 nitrogen and oxygen atoms in total. The fraction of sp³-hybridized carbons (Fsp3) is 0.519. The highest BCUT2D eigenvalue weighted by atomic mass is 16.5. The molecule has 8 heteroatoms. The number of anilines is 3. The van der Waals surface area contributed by atoms with Crippen molar-refractivity contribution in [1.82, 2.24) is 24.8 Å². The maximum absolute atomic E-state index is 5.47. The molecule has 2 aromatic heterocycles. The van der Waals surface area contributed by atoms with Gasteiger partial charge in [-0.05, 0) is 31.5 Å². The third-order valence-electron chi connectivity index (χ3n) is 8.37. The summed E-state index contributed by atoms with van der Waals surface area (Å²) in [6.07, 6.45) is 8.21. The van der Waals surface area contributed by atoms with Gasteiger partial charge >= 0.3 is 0 Å². The third kappa shape index (κ3) is 3.89. The molecule has 5 heterocycles. The molecule has 3 aliphatic heterocycles. The zero-order valence-corrected chi connectivity index (χ0v) is 20.8. The highest BCUT2D eigenvalue weighted by Crippen LogP contribution is 2.51. The van der Waals surface area contributed by atoms with Gasteiger partial charge in [0.15, 0.2) is 0 Å². The van der Waals surface area contributed by atoms with E-state index in [1.807, 2.05) is 12.3 Å². The van der Waals surface area contributed by atoms with E-state index in [2.05, 4.69) is 56.1 Å². The van der Waals surface area contributed by atoms with Gasteiger partial charge in [0.05, 0.1) is 29.4 Å². The van der Waals surface area contributed by atoms with Crippen LogP contribution in [0.4, 0.5) is 17.5 Å². The van der Waals surface area contributed by atoms with Crippen molar-refractivity contribution in [2.45, 2.75) is 25.9 Å². The number of nitrogens with one attached hydrogen (secondary N) is 1. The zero-order chi connectivity index (χ0) is 24.2. The van der Waals surface area contributed by atoms with Crippen molar-refractivity contribution in [3.8, 4) is 0 Å². The zero-order valence-electron chi connectivity index (χ0n) is 20.8. The molecule has 0 radical (unpaired) electrons. The number of nitrogens with zero attached hydrogens (tertiary/aromatic N) is 6. The van der Waals surface area contributed by atoms with Crippen LogP contribution in [0.3, 0.4) is 0 Å². The normalized spacial score (nSPS) is 22.2. The molecule has 0 atom stereocenters. The Labute approximate surface area is 207 Å². The van der Waals surface area contributed by atoms with Crippen molar-refractivity contribution in [3.63, 3.8) is 0 Å². The highest BCUT2D eigenvalue weighted by Gasteiger charge is 2.53. The molecule has 0 amide bonds. The van der Waals surface area contributed by atoms with Gasteiger partial charge in [0, 0.05) is 69.0 Å². The van der Waals surface area contributed by atoms with Crippen LogP contribution in [0.15, 0.2) is 37.7 Å². The van der Waals surface area contributed by atoms with Crippen molar-refractivity contribution in [1.29, 1.82) is 0 Å². The summed E-state index contributed by atoms with van der Waals surface area (Å²) in [6, 6.07) is 4.13. The molecule has 35 heavy (non-hydrogen) atoms. The number of ether oxygens (including phenoxy) is 1. The molecular weight excluding hydrogens is 438 g/mol. The van der Waals surface area contributed by atoms with E-state index in [9.17, 15) is 0 Å². The lowest BCUT2D eigenvalue weighted by Crippen LogP contribution is -2.72. The van der Waals surface area contributed by atoms with Gasteiger partial charge in [0.1, 0.15) is 5.82 Å². The Hall–Kier alpha value is -2.97. The molecule has 0 bridgehead atoms. The summed E-state index contributed by atoms with van der Waals surface area (Å²) in [4.78, 5) is 21.1. The summed E-state index contributed by atoms with van der Waals surface area (Å²) >= 11 is 0. The molecule has 2 aromatic rings. The van der Waals surface area contributed by atoms with E-state index in [4.69, 9.17) is 9.72 Å². The summed E-state index contributed by atoms with van der Waals surface area (Å²) in [7, 11) is 1.80. The second kappa shape index (κ2) is 8.31. The van der Waals surface area contributed by atoms with E-state index in [1.165, 1.54) is 18.8 Å². The first-order chi connectivity index (χ1) is 16.9. The van der Waals surface area contributed by atoms with Crippen molar-refractivity contribution in [2.75, 3.05) is 63.1 Å². The molecule has 0 aromatic carbocycles. The van der Waals surface area contributed by atoms with Crippen LogP contribution >= 0.6 is 0 Å². The minimum Gasteiger partial charge on any atom is -0.381 e. The summed E-state index contributed by atoms with van der Waals surface area (Å²) in [5, 5.41) is 3.26. The van der Waals surface area contributed by atoms with Gasteiger partial charge in [-0.2, -0.15) is 0 Å². The van der Waals surface area contributed by atoms with E-state index in [-0.39, 0.29) is 0 Å². The molecule has 1 aliphatic carbocycles. The van der Waals surface area contributed by atoms with Gasteiger partial charge in [0.25, 0.3) is 0 Å². The minimum atomic E-state index is 0.391. The maximum atomic E-state index is 5.47. The topological polar surface area (TPSA) is 69.7 Å². The molecule has 4 aliphatic rings. The third-order valence-corrected chi connectivity index (χ3v) is 8.37. The Morgan fingerprint density at radius 3 is 2.51 bits per heavy atom. The van der Waals surface area contributed by atoms with Crippen LogP contribution in [0.5, 0.6) is 0 Å².